The number of carbonyl (C=O) groups is 2. The first-order valence-electron chi connectivity index (χ1n) is 8.49. The highest BCUT2D eigenvalue weighted by atomic mass is 35.5. The molecule has 0 saturated carbocycles. The summed E-state index contributed by atoms with van der Waals surface area (Å²) in [6.45, 7) is 0.658. The highest BCUT2D eigenvalue weighted by Crippen LogP contribution is 2.33. The minimum atomic E-state index is -0.555. The molecule has 0 aromatic heterocycles. The molecule has 140 valence electrons. The smallest absolute Gasteiger partial charge is 0.254 e. The quantitative estimate of drug-likeness (QED) is 0.837. The molecule has 2 amide bonds. The van der Waals surface area contributed by atoms with Gasteiger partial charge in [0.15, 0.2) is 11.5 Å². The molecule has 1 N–H and O–H groups in total. The van der Waals surface area contributed by atoms with Crippen molar-refractivity contribution in [2.75, 3.05) is 18.7 Å². The van der Waals surface area contributed by atoms with Crippen molar-refractivity contribution in [1.29, 1.82) is 0 Å². The van der Waals surface area contributed by atoms with Crippen molar-refractivity contribution in [3.8, 4) is 11.5 Å². The Kier molecular flexibility index (Phi) is 4.85. The molecule has 2 aliphatic heterocycles. The van der Waals surface area contributed by atoms with Gasteiger partial charge in [0, 0.05) is 27.8 Å². The Balaban J connectivity index is 1.51. The van der Waals surface area contributed by atoms with Gasteiger partial charge >= 0.3 is 0 Å². The number of nitrogens with one attached hydrogen (secondary N) is 1. The van der Waals surface area contributed by atoms with E-state index in [4.69, 9.17) is 32.7 Å². The van der Waals surface area contributed by atoms with E-state index in [2.05, 4.69) is 5.32 Å². The number of rotatable bonds is 3. The molecule has 2 heterocycles. The van der Waals surface area contributed by atoms with Crippen molar-refractivity contribution in [2.45, 2.75) is 18.9 Å². The number of ether oxygens (including phenoxy) is 2. The van der Waals surface area contributed by atoms with E-state index >= 15 is 0 Å². The van der Waals surface area contributed by atoms with Crippen LogP contribution >= 0.6 is 23.2 Å². The van der Waals surface area contributed by atoms with E-state index in [0.29, 0.717) is 45.8 Å². The standard InChI is InChI=1S/C19H16Cl2N2O4/c20-12-7-13(21)9-14(8-12)22-18(24)15-2-1-5-23(15)19(25)11-3-4-16-17(6-11)27-10-26-16/h3-4,6-9,15H,1-2,5,10H2,(H,22,24)/t15-/m1/s1. The number of hydrogen-bond donors (Lipinski definition) is 1. The number of benzene rings is 2. The predicted molar refractivity (Wildman–Crippen MR) is 102 cm³/mol. The monoisotopic (exact) mass is 406 g/mol. The Hall–Kier alpha value is -2.44. The maximum Gasteiger partial charge on any atom is 0.254 e. The molecule has 1 fully saturated rings. The second-order valence-corrected chi connectivity index (χ2v) is 7.24. The van der Waals surface area contributed by atoms with Gasteiger partial charge in [0.2, 0.25) is 12.7 Å². The average Bonchev–Trinajstić information content (AvgIpc) is 3.28. The number of halogens is 2. The number of nitrogens with zero attached hydrogens (tertiary/aromatic N) is 1. The Morgan fingerprint density at radius 1 is 1.04 bits per heavy atom. The lowest BCUT2D eigenvalue weighted by Crippen LogP contribution is -2.43. The summed E-state index contributed by atoms with van der Waals surface area (Å²) in [6, 6.07) is 9.29. The maximum atomic E-state index is 12.9. The van der Waals surface area contributed by atoms with E-state index in [9.17, 15) is 9.59 Å². The first kappa shape index (κ1) is 17.9. The van der Waals surface area contributed by atoms with Gasteiger partial charge in [-0.2, -0.15) is 0 Å². The minimum absolute atomic E-state index is 0.143. The van der Waals surface area contributed by atoms with Crippen LogP contribution in [-0.4, -0.2) is 36.1 Å². The molecule has 0 radical (unpaired) electrons. The lowest BCUT2D eigenvalue weighted by Gasteiger charge is -2.24. The zero-order valence-electron chi connectivity index (χ0n) is 14.2. The number of likely N-dealkylation sites (tertiary alicyclic amines) is 1. The normalized spacial score (nSPS) is 17.9. The molecule has 2 aromatic carbocycles. The van der Waals surface area contributed by atoms with Crippen molar-refractivity contribution in [2.24, 2.45) is 0 Å². The van der Waals surface area contributed by atoms with E-state index in [0.717, 1.165) is 6.42 Å². The van der Waals surface area contributed by atoms with Gasteiger partial charge in [-0.25, -0.2) is 0 Å². The Morgan fingerprint density at radius 2 is 1.78 bits per heavy atom. The Morgan fingerprint density at radius 3 is 2.56 bits per heavy atom. The van der Waals surface area contributed by atoms with Crippen LogP contribution in [0, 0.1) is 0 Å². The zero-order valence-corrected chi connectivity index (χ0v) is 15.7. The summed E-state index contributed by atoms with van der Waals surface area (Å²) < 4.78 is 10.6. The molecule has 0 unspecified atom stereocenters. The van der Waals surface area contributed by atoms with Crippen molar-refractivity contribution in [3.63, 3.8) is 0 Å². The molecular formula is C19H16Cl2N2O4. The summed E-state index contributed by atoms with van der Waals surface area (Å²) in [7, 11) is 0. The van der Waals surface area contributed by atoms with Gasteiger partial charge in [-0.15, -0.1) is 0 Å². The fourth-order valence-corrected chi connectivity index (χ4v) is 3.86. The summed E-state index contributed by atoms with van der Waals surface area (Å²) in [5, 5.41) is 3.65. The van der Waals surface area contributed by atoms with Crippen LogP contribution in [0.1, 0.15) is 23.2 Å². The highest BCUT2D eigenvalue weighted by Gasteiger charge is 2.35. The second-order valence-electron chi connectivity index (χ2n) is 6.37. The third-order valence-electron chi connectivity index (χ3n) is 4.57. The van der Waals surface area contributed by atoms with E-state index in [1.54, 1.807) is 41.3 Å². The molecule has 2 aromatic rings. The van der Waals surface area contributed by atoms with Gasteiger partial charge in [0.1, 0.15) is 6.04 Å². The van der Waals surface area contributed by atoms with Gasteiger partial charge in [0.25, 0.3) is 5.91 Å². The molecular weight excluding hydrogens is 391 g/mol. The molecule has 0 aliphatic carbocycles. The third-order valence-corrected chi connectivity index (χ3v) is 5.00. The largest absolute Gasteiger partial charge is 0.454 e. The van der Waals surface area contributed by atoms with Gasteiger partial charge in [-0.1, -0.05) is 23.2 Å². The van der Waals surface area contributed by atoms with E-state index in [1.807, 2.05) is 0 Å². The van der Waals surface area contributed by atoms with Gasteiger partial charge in [-0.05, 0) is 49.2 Å². The van der Waals surface area contributed by atoms with Crippen LogP contribution in [0.2, 0.25) is 10.0 Å². The first-order chi connectivity index (χ1) is 13.0. The first-order valence-corrected chi connectivity index (χ1v) is 9.24. The summed E-state index contributed by atoms with van der Waals surface area (Å²) in [5.41, 5.74) is 0.963. The van der Waals surface area contributed by atoms with Gasteiger partial charge < -0.3 is 19.7 Å². The van der Waals surface area contributed by atoms with Crippen LogP contribution in [0.15, 0.2) is 36.4 Å². The molecule has 8 heteroatoms. The number of carbonyl (C=O) groups excluding carboxylic acids is 2. The van der Waals surface area contributed by atoms with Crippen LogP contribution in [0.3, 0.4) is 0 Å². The van der Waals surface area contributed by atoms with E-state index in [-0.39, 0.29) is 18.6 Å². The van der Waals surface area contributed by atoms with Crippen molar-refractivity contribution < 1.29 is 19.1 Å². The summed E-state index contributed by atoms with van der Waals surface area (Å²) in [6.07, 6.45) is 1.35. The lowest BCUT2D eigenvalue weighted by molar-refractivity contribution is -0.119. The second kappa shape index (κ2) is 7.29. The number of amides is 2. The minimum Gasteiger partial charge on any atom is -0.454 e. The van der Waals surface area contributed by atoms with Crippen LogP contribution in [0.5, 0.6) is 11.5 Å². The summed E-state index contributed by atoms with van der Waals surface area (Å²) in [5.74, 6) is 0.671. The maximum absolute atomic E-state index is 12.9. The highest BCUT2D eigenvalue weighted by molar-refractivity contribution is 6.35. The summed E-state index contributed by atoms with van der Waals surface area (Å²) >= 11 is 12.0. The zero-order chi connectivity index (χ0) is 19.0. The van der Waals surface area contributed by atoms with Crippen molar-refractivity contribution in [3.05, 3.63) is 52.0 Å². The average molecular weight is 407 g/mol. The third kappa shape index (κ3) is 3.68. The molecule has 27 heavy (non-hydrogen) atoms. The van der Waals surface area contributed by atoms with E-state index in [1.165, 1.54) is 0 Å². The Labute approximate surface area is 165 Å². The van der Waals surface area contributed by atoms with Gasteiger partial charge in [-0.3, -0.25) is 9.59 Å². The fourth-order valence-electron chi connectivity index (χ4n) is 3.33. The fraction of sp³-hybridized carbons (Fsp3) is 0.263. The molecule has 2 aliphatic rings. The molecule has 4 rings (SSSR count). The van der Waals surface area contributed by atoms with Gasteiger partial charge in [0.05, 0.1) is 0 Å². The molecule has 0 spiro atoms. The Bertz CT molecular complexity index is 898. The van der Waals surface area contributed by atoms with Crippen LogP contribution in [-0.2, 0) is 4.79 Å². The van der Waals surface area contributed by atoms with E-state index < -0.39 is 6.04 Å². The van der Waals surface area contributed by atoms with Crippen molar-refractivity contribution >= 4 is 40.7 Å². The lowest BCUT2D eigenvalue weighted by atomic mass is 10.1. The topological polar surface area (TPSA) is 67.9 Å². The molecule has 6 nitrogen and oxygen atoms in total. The number of fused-ring (bicyclic) bond motifs is 1. The van der Waals surface area contributed by atoms with Crippen LogP contribution in [0.25, 0.3) is 0 Å². The van der Waals surface area contributed by atoms with Crippen LogP contribution in [0.4, 0.5) is 5.69 Å². The predicted octanol–water partition coefficient (Wildman–Crippen LogP) is 3.97. The van der Waals surface area contributed by atoms with Crippen LogP contribution < -0.4 is 14.8 Å². The SMILES string of the molecule is O=C(Nc1cc(Cl)cc(Cl)c1)[C@H]1CCCN1C(=O)c1ccc2c(c1)OCO2. The molecule has 1 saturated heterocycles. The van der Waals surface area contributed by atoms with Crippen molar-refractivity contribution in [1.82, 2.24) is 4.90 Å². The molecule has 0 bridgehead atoms. The number of hydrogen-bond acceptors (Lipinski definition) is 4. The molecule has 1 atom stereocenters. The summed E-state index contributed by atoms with van der Waals surface area (Å²) in [4.78, 5) is 27.2. The number of anilines is 1.